The molecule has 0 saturated carbocycles. The third-order valence-corrected chi connectivity index (χ3v) is 2.22. The minimum absolute atomic E-state index is 0.00398. The van der Waals surface area contributed by atoms with Gasteiger partial charge >= 0.3 is 0 Å². The standard InChI is InChI=1S/C11H16FNO/c1-7(2)10-5-9(12)6-13(8(3)4)11(10)14/h5-8H,1-4H3. The van der Waals surface area contributed by atoms with Crippen molar-refractivity contribution < 1.29 is 4.39 Å². The lowest BCUT2D eigenvalue weighted by atomic mass is 10.1. The molecular formula is C11H16FNO. The summed E-state index contributed by atoms with van der Waals surface area (Å²) in [7, 11) is 0. The molecule has 0 fully saturated rings. The Morgan fingerprint density at radius 3 is 2.29 bits per heavy atom. The van der Waals surface area contributed by atoms with Crippen LogP contribution < -0.4 is 5.56 Å². The van der Waals surface area contributed by atoms with Gasteiger partial charge in [-0.1, -0.05) is 13.8 Å². The molecule has 0 saturated heterocycles. The molecule has 1 rings (SSSR count). The Morgan fingerprint density at radius 1 is 1.29 bits per heavy atom. The van der Waals surface area contributed by atoms with Crippen LogP contribution in [0, 0.1) is 5.82 Å². The van der Waals surface area contributed by atoms with Crippen molar-refractivity contribution in [1.82, 2.24) is 4.57 Å². The molecule has 1 aromatic rings. The van der Waals surface area contributed by atoms with E-state index in [1.807, 2.05) is 27.7 Å². The fraction of sp³-hybridized carbons (Fsp3) is 0.545. The van der Waals surface area contributed by atoms with Gasteiger partial charge < -0.3 is 4.57 Å². The number of pyridine rings is 1. The molecule has 0 N–H and O–H groups in total. The largest absolute Gasteiger partial charge is 0.310 e. The Hall–Kier alpha value is -1.12. The van der Waals surface area contributed by atoms with Gasteiger partial charge in [0, 0.05) is 17.8 Å². The van der Waals surface area contributed by atoms with Crippen LogP contribution in [0.15, 0.2) is 17.1 Å². The van der Waals surface area contributed by atoms with Crippen LogP contribution in [0.3, 0.4) is 0 Å². The molecular weight excluding hydrogens is 181 g/mol. The van der Waals surface area contributed by atoms with Crippen LogP contribution in [0.25, 0.3) is 0 Å². The smallest absolute Gasteiger partial charge is 0.254 e. The number of hydrogen-bond acceptors (Lipinski definition) is 1. The lowest BCUT2D eigenvalue weighted by molar-refractivity contribution is 0.527. The Kier molecular flexibility index (Phi) is 3.09. The Bertz CT molecular complexity index is 347. The molecule has 0 bridgehead atoms. The molecule has 1 aromatic heterocycles. The van der Waals surface area contributed by atoms with Gasteiger partial charge in [0.15, 0.2) is 0 Å². The average Bonchev–Trinajstić information content (AvgIpc) is 2.07. The molecule has 3 heteroatoms. The van der Waals surface area contributed by atoms with Gasteiger partial charge in [-0.25, -0.2) is 4.39 Å². The second-order valence-corrected chi connectivity index (χ2v) is 4.07. The first kappa shape index (κ1) is 11.0. The van der Waals surface area contributed by atoms with E-state index in [-0.39, 0.29) is 23.3 Å². The van der Waals surface area contributed by atoms with Crippen LogP contribution in [0.1, 0.15) is 45.2 Å². The number of nitrogens with zero attached hydrogens (tertiary/aromatic N) is 1. The minimum atomic E-state index is -0.345. The first-order valence-corrected chi connectivity index (χ1v) is 4.85. The summed E-state index contributed by atoms with van der Waals surface area (Å²) in [5.41, 5.74) is 0.454. The van der Waals surface area contributed by atoms with E-state index < -0.39 is 0 Å². The fourth-order valence-corrected chi connectivity index (χ4v) is 1.39. The summed E-state index contributed by atoms with van der Waals surface area (Å²) in [6.07, 6.45) is 1.26. The molecule has 0 aliphatic heterocycles. The summed E-state index contributed by atoms with van der Waals surface area (Å²) in [5.74, 6) is -0.287. The lowest BCUT2D eigenvalue weighted by Crippen LogP contribution is -2.26. The van der Waals surface area contributed by atoms with E-state index in [1.165, 1.54) is 16.8 Å². The van der Waals surface area contributed by atoms with Crippen molar-refractivity contribution in [1.29, 1.82) is 0 Å². The highest BCUT2D eigenvalue weighted by Gasteiger charge is 2.11. The van der Waals surface area contributed by atoms with E-state index in [0.717, 1.165) is 0 Å². The Morgan fingerprint density at radius 2 is 1.86 bits per heavy atom. The lowest BCUT2D eigenvalue weighted by Gasteiger charge is -2.13. The molecule has 0 aliphatic carbocycles. The first-order valence-electron chi connectivity index (χ1n) is 4.85. The van der Waals surface area contributed by atoms with Crippen molar-refractivity contribution in [3.8, 4) is 0 Å². The zero-order valence-electron chi connectivity index (χ0n) is 9.04. The Labute approximate surface area is 83.4 Å². The molecule has 0 aromatic carbocycles. The number of halogens is 1. The summed E-state index contributed by atoms with van der Waals surface area (Å²) < 4.78 is 14.6. The zero-order valence-corrected chi connectivity index (χ0v) is 9.04. The molecule has 2 nitrogen and oxygen atoms in total. The van der Waals surface area contributed by atoms with Crippen LogP contribution in [0.2, 0.25) is 0 Å². The highest BCUT2D eigenvalue weighted by atomic mass is 19.1. The van der Waals surface area contributed by atoms with Crippen molar-refractivity contribution in [3.63, 3.8) is 0 Å². The van der Waals surface area contributed by atoms with Gasteiger partial charge in [0.2, 0.25) is 0 Å². The van der Waals surface area contributed by atoms with Crippen LogP contribution in [0.5, 0.6) is 0 Å². The second kappa shape index (κ2) is 3.95. The topological polar surface area (TPSA) is 22.0 Å². The van der Waals surface area contributed by atoms with Gasteiger partial charge in [0.25, 0.3) is 5.56 Å². The van der Waals surface area contributed by atoms with E-state index in [4.69, 9.17) is 0 Å². The summed E-state index contributed by atoms with van der Waals surface area (Å²) in [4.78, 5) is 11.8. The highest BCUT2D eigenvalue weighted by molar-refractivity contribution is 5.16. The van der Waals surface area contributed by atoms with E-state index >= 15 is 0 Å². The summed E-state index contributed by atoms with van der Waals surface area (Å²) in [6, 6.07) is 1.32. The molecule has 0 amide bonds. The van der Waals surface area contributed by atoms with Crippen LogP contribution >= 0.6 is 0 Å². The number of aromatic nitrogens is 1. The van der Waals surface area contributed by atoms with E-state index in [1.54, 1.807) is 0 Å². The van der Waals surface area contributed by atoms with Crippen LogP contribution in [-0.2, 0) is 0 Å². The van der Waals surface area contributed by atoms with Gasteiger partial charge in [-0.05, 0) is 25.8 Å². The molecule has 14 heavy (non-hydrogen) atoms. The monoisotopic (exact) mass is 197 g/mol. The van der Waals surface area contributed by atoms with Crippen LogP contribution in [-0.4, -0.2) is 4.57 Å². The third-order valence-electron chi connectivity index (χ3n) is 2.22. The molecule has 0 radical (unpaired) electrons. The fourth-order valence-electron chi connectivity index (χ4n) is 1.39. The van der Waals surface area contributed by atoms with Gasteiger partial charge in [-0.2, -0.15) is 0 Å². The van der Waals surface area contributed by atoms with Crippen molar-refractivity contribution in [3.05, 3.63) is 34.0 Å². The van der Waals surface area contributed by atoms with E-state index in [2.05, 4.69) is 0 Å². The van der Waals surface area contributed by atoms with Crippen LogP contribution in [0.4, 0.5) is 4.39 Å². The first-order chi connectivity index (χ1) is 6.43. The predicted octanol–water partition coefficient (Wildman–Crippen LogP) is 2.69. The second-order valence-electron chi connectivity index (χ2n) is 4.07. The Balaban J connectivity index is 3.40. The summed E-state index contributed by atoms with van der Waals surface area (Å²) >= 11 is 0. The minimum Gasteiger partial charge on any atom is -0.310 e. The number of hydrogen-bond donors (Lipinski definition) is 0. The van der Waals surface area contributed by atoms with Crippen molar-refractivity contribution in [2.45, 2.75) is 39.7 Å². The van der Waals surface area contributed by atoms with Gasteiger partial charge in [0.05, 0.1) is 0 Å². The third kappa shape index (κ3) is 2.03. The maximum Gasteiger partial charge on any atom is 0.254 e. The summed E-state index contributed by atoms with van der Waals surface area (Å²) in [5, 5.41) is 0. The summed E-state index contributed by atoms with van der Waals surface area (Å²) in [6.45, 7) is 7.51. The van der Waals surface area contributed by atoms with Gasteiger partial charge in [-0.15, -0.1) is 0 Å². The maximum atomic E-state index is 13.2. The van der Waals surface area contributed by atoms with Gasteiger partial charge in [-0.3, -0.25) is 4.79 Å². The van der Waals surface area contributed by atoms with E-state index in [0.29, 0.717) is 5.56 Å². The van der Waals surface area contributed by atoms with E-state index in [9.17, 15) is 9.18 Å². The van der Waals surface area contributed by atoms with Gasteiger partial charge in [0.1, 0.15) is 5.82 Å². The van der Waals surface area contributed by atoms with Crippen molar-refractivity contribution >= 4 is 0 Å². The van der Waals surface area contributed by atoms with Crippen molar-refractivity contribution in [2.75, 3.05) is 0 Å². The molecule has 0 spiro atoms. The molecule has 78 valence electrons. The van der Waals surface area contributed by atoms with Crippen molar-refractivity contribution in [2.24, 2.45) is 0 Å². The number of rotatable bonds is 2. The maximum absolute atomic E-state index is 13.2. The molecule has 0 atom stereocenters. The zero-order chi connectivity index (χ0) is 10.9. The molecule has 0 unspecified atom stereocenters. The quantitative estimate of drug-likeness (QED) is 0.714. The molecule has 0 aliphatic rings. The SMILES string of the molecule is CC(C)c1cc(F)cn(C(C)C)c1=O. The highest BCUT2D eigenvalue weighted by Crippen LogP contribution is 2.12. The molecule has 1 heterocycles. The average molecular weight is 197 g/mol. The normalized spacial score (nSPS) is 11.4. The predicted molar refractivity (Wildman–Crippen MR) is 55.1 cm³/mol.